The van der Waals surface area contributed by atoms with Gasteiger partial charge in [0, 0.05) is 6.04 Å². The lowest BCUT2D eigenvalue weighted by atomic mass is 9.88. The van der Waals surface area contributed by atoms with Gasteiger partial charge in [0.1, 0.15) is 0 Å². The van der Waals surface area contributed by atoms with Crippen LogP contribution in [-0.4, -0.2) is 20.8 Å². The Kier molecular flexibility index (Phi) is 7.91. The van der Waals surface area contributed by atoms with Crippen LogP contribution in [0.25, 0.3) is 0 Å². The van der Waals surface area contributed by atoms with Gasteiger partial charge in [-0.3, -0.25) is 0 Å². The average Bonchev–Trinajstić information content (AvgIpc) is 2.50. The number of halogens is 1. The van der Waals surface area contributed by atoms with Crippen molar-refractivity contribution < 1.29 is 9.47 Å². The van der Waals surface area contributed by atoms with Crippen molar-refractivity contribution in [2.45, 2.75) is 46.1 Å². The largest absolute Gasteiger partial charge is 0.493 e. The van der Waals surface area contributed by atoms with Crippen LogP contribution in [0, 0.1) is 5.92 Å². The molecule has 0 aromatic heterocycles. The first kappa shape index (κ1) is 18.1. The summed E-state index contributed by atoms with van der Waals surface area (Å²) in [5, 5.41) is 4.25. The maximum atomic E-state index is 6.35. The van der Waals surface area contributed by atoms with E-state index < -0.39 is 0 Å². The third-order valence-corrected chi connectivity index (χ3v) is 4.23. The molecule has 0 aliphatic rings. The lowest BCUT2D eigenvalue weighted by Crippen LogP contribution is -2.28. The maximum Gasteiger partial charge on any atom is 0.179 e. The third-order valence-electron chi connectivity index (χ3n) is 3.95. The Hall–Kier alpha value is -0.930. The number of benzene rings is 1. The van der Waals surface area contributed by atoms with Crippen molar-refractivity contribution in [2.24, 2.45) is 5.92 Å². The number of nitrogens with one attached hydrogen (secondary N) is 1. The smallest absolute Gasteiger partial charge is 0.179 e. The van der Waals surface area contributed by atoms with E-state index in [-0.39, 0.29) is 6.04 Å². The zero-order valence-corrected chi connectivity index (χ0v) is 14.6. The molecule has 0 radical (unpaired) electrons. The zero-order valence-electron chi connectivity index (χ0n) is 13.8. The maximum absolute atomic E-state index is 6.35. The van der Waals surface area contributed by atoms with Crippen molar-refractivity contribution in [3.05, 3.63) is 22.7 Å². The summed E-state index contributed by atoms with van der Waals surface area (Å²) < 4.78 is 10.7. The van der Waals surface area contributed by atoms with E-state index >= 15 is 0 Å². The first-order valence-electron chi connectivity index (χ1n) is 7.77. The highest BCUT2D eigenvalue weighted by molar-refractivity contribution is 6.32. The molecule has 4 heteroatoms. The van der Waals surface area contributed by atoms with Gasteiger partial charge in [0.15, 0.2) is 11.5 Å². The molecule has 1 unspecified atom stereocenters. The van der Waals surface area contributed by atoms with Gasteiger partial charge >= 0.3 is 0 Å². The van der Waals surface area contributed by atoms with Crippen molar-refractivity contribution in [1.82, 2.24) is 5.32 Å². The van der Waals surface area contributed by atoms with E-state index in [0.29, 0.717) is 22.4 Å². The van der Waals surface area contributed by atoms with Crippen LogP contribution in [0.15, 0.2) is 12.1 Å². The molecule has 3 nitrogen and oxygen atoms in total. The van der Waals surface area contributed by atoms with E-state index in [1.165, 1.54) is 5.56 Å². The average molecular weight is 314 g/mol. The first-order chi connectivity index (χ1) is 10.1. The Morgan fingerprint density at radius 1 is 1.10 bits per heavy atom. The highest BCUT2D eigenvalue weighted by Crippen LogP contribution is 2.39. The van der Waals surface area contributed by atoms with Gasteiger partial charge in [-0.25, -0.2) is 0 Å². The van der Waals surface area contributed by atoms with Crippen LogP contribution in [0.1, 0.15) is 51.6 Å². The normalized spacial score (nSPS) is 12.5. The fourth-order valence-corrected chi connectivity index (χ4v) is 3.03. The molecule has 0 bridgehead atoms. The van der Waals surface area contributed by atoms with Crippen molar-refractivity contribution >= 4 is 11.6 Å². The quantitative estimate of drug-likeness (QED) is 0.708. The Bertz CT molecular complexity index is 433. The summed E-state index contributed by atoms with van der Waals surface area (Å²) in [5.74, 6) is 1.86. The summed E-state index contributed by atoms with van der Waals surface area (Å²) in [6.45, 7) is 7.64. The van der Waals surface area contributed by atoms with Crippen molar-refractivity contribution in [3.8, 4) is 11.5 Å². The van der Waals surface area contributed by atoms with Gasteiger partial charge in [-0.1, -0.05) is 45.2 Å². The lowest BCUT2D eigenvalue weighted by molar-refractivity contribution is 0.334. The van der Waals surface area contributed by atoms with Crippen molar-refractivity contribution in [1.29, 1.82) is 0 Å². The minimum Gasteiger partial charge on any atom is -0.493 e. The predicted octanol–water partition coefficient (Wildman–Crippen LogP) is 4.83. The zero-order chi connectivity index (χ0) is 15.8. The fourth-order valence-electron chi connectivity index (χ4n) is 2.73. The van der Waals surface area contributed by atoms with E-state index in [2.05, 4.69) is 26.1 Å². The summed E-state index contributed by atoms with van der Waals surface area (Å²) in [6, 6.07) is 4.32. The molecule has 1 aromatic carbocycles. The van der Waals surface area contributed by atoms with E-state index in [0.717, 1.165) is 25.8 Å². The van der Waals surface area contributed by atoms with Gasteiger partial charge in [-0.2, -0.15) is 0 Å². The van der Waals surface area contributed by atoms with E-state index in [1.807, 2.05) is 12.1 Å². The van der Waals surface area contributed by atoms with Crippen molar-refractivity contribution in [3.63, 3.8) is 0 Å². The van der Waals surface area contributed by atoms with Crippen LogP contribution in [0.5, 0.6) is 11.5 Å². The molecule has 0 fully saturated rings. The summed E-state index contributed by atoms with van der Waals surface area (Å²) in [6.07, 6.45) is 3.37. The van der Waals surface area contributed by atoms with Gasteiger partial charge in [0.05, 0.1) is 19.2 Å². The molecule has 1 atom stereocenters. The highest BCUT2D eigenvalue weighted by atomic mass is 35.5. The molecule has 21 heavy (non-hydrogen) atoms. The predicted molar refractivity (Wildman–Crippen MR) is 89.7 cm³/mol. The second kappa shape index (κ2) is 9.16. The minimum atomic E-state index is 0.289. The molecular weight excluding hydrogens is 286 g/mol. The number of hydrogen-bond acceptors (Lipinski definition) is 3. The fraction of sp³-hybridized carbons (Fsp3) is 0.647. The molecule has 0 saturated carbocycles. The first-order valence-corrected chi connectivity index (χ1v) is 8.15. The Morgan fingerprint density at radius 2 is 1.76 bits per heavy atom. The summed E-state index contributed by atoms with van der Waals surface area (Å²) in [5.41, 5.74) is 1.17. The van der Waals surface area contributed by atoms with Crippen LogP contribution in [0.2, 0.25) is 5.02 Å². The van der Waals surface area contributed by atoms with Crippen LogP contribution in [0.3, 0.4) is 0 Å². The minimum absolute atomic E-state index is 0.289. The van der Waals surface area contributed by atoms with E-state index in [1.54, 1.807) is 14.2 Å². The van der Waals surface area contributed by atoms with Crippen LogP contribution in [-0.2, 0) is 0 Å². The summed E-state index contributed by atoms with van der Waals surface area (Å²) in [4.78, 5) is 0. The van der Waals surface area contributed by atoms with Crippen molar-refractivity contribution in [2.75, 3.05) is 20.8 Å². The standard InChI is InChI=1S/C17H28ClNO2/c1-6-9-19-16(12(7-2)8-3)13-10-14(18)17(21-5)15(11-13)20-4/h10-12,16,19H,6-9H2,1-5H3. The van der Waals surface area contributed by atoms with Gasteiger partial charge in [-0.15, -0.1) is 0 Å². The third kappa shape index (κ3) is 4.52. The topological polar surface area (TPSA) is 30.5 Å². The second-order valence-corrected chi connectivity index (χ2v) is 5.65. The van der Waals surface area contributed by atoms with Crippen LogP contribution >= 0.6 is 11.6 Å². The van der Waals surface area contributed by atoms with E-state index in [4.69, 9.17) is 21.1 Å². The molecule has 0 saturated heterocycles. The molecule has 0 amide bonds. The molecule has 1 aromatic rings. The Balaban J connectivity index is 3.20. The van der Waals surface area contributed by atoms with Gasteiger partial charge in [-0.05, 0) is 36.6 Å². The number of ether oxygens (including phenoxy) is 2. The molecule has 1 N–H and O–H groups in total. The highest BCUT2D eigenvalue weighted by Gasteiger charge is 2.22. The molecule has 0 aliphatic heterocycles. The molecule has 1 rings (SSSR count). The second-order valence-electron chi connectivity index (χ2n) is 5.25. The van der Waals surface area contributed by atoms with Crippen LogP contribution < -0.4 is 14.8 Å². The van der Waals surface area contributed by atoms with E-state index in [9.17, 15) is 0 Å². The number of rotatable bonds is 9. The monoisotopic (exact) mass is 313 g/mol. The van der Waals surface area contributed by atoms with Gasteiger partial charge in [0.2, 0.25) is 0 Å². The van der Waals surface area contributed by atoms with Gasteiger partial charge < -0.3 is 14.8 Å². The summed E-state index contributed by atoms with van der Waals surface area (Å²) in [7, 11) is 3.25. The lowest BCUT2D eigenvalue weighted by Gasteiger charge is -2.28. The molecule has 0 heterocycles. The van der Waals surface area contributed by atoms with Crippen LogP contribution in [0.4, 0.5) is 0 Å². The number of methoxy groups -OCH3 is 2. The van der Waals surface area contributed by atoms with Gasteiger partial charge in [0.25, 0.3) is 0 Å². The molecule has 120 valence electrons. The SMILES string of the molecule is CCCNC(c1cc(Cl)c(OC)c(OC)c1)C(CC)CC. The Morgan fingerprint density at radius 3 is 2.24 bits per heavy atom. The molecule has 0 aliphatic carbocycles. The molecule has 0 spiro atoms. The Labute approximate surface area is 134 Å². The summed E-state index contributed by atoms with van der Waals surface area (Å²) >= 11 is 6.35. The number of hydrogen-bond donors (Lipinski definition) is 1. The molecular formula is C17H28ClNO2.